The van der Waals surface area contributed by atoms with Crippen LogP contribution in [0.15, 0.2) is 29.2 Å². The SMILES string of the molecule is CSc1ccc(CNCC2CCC(C)CC2)cc1. The molecule has 2 rings (SSSR count). The third-order valence-corrected chi connectivity index (χ3v) is 4.80. The fourth-order valence-electron chi connectivity index (χ4n) is 2.70. The van der Waals surface area contributed by atoms with Gasteiger partial charge in [-0.3, -0.25) is 0 Å². The van der Waals surface area contributed by atoms with E-state index < -0.39 is 0 Å². The zero-order valence-corrected chi connectivity index (χ0v) is 12.4. The predicted octanol–water partition coefficient (Wildman–Crippen LogP) is 4.32. The van der Waals surface area contributed by atoms with Gasteiger partial charge in [0, 0.05) is 11.4 Å². The summed E-state index contributed by atoms with van der Waals surface area (Å²) >= 11 is 1.80. The Morgan fingerprint density at radius 3 is 2.39 bits per heavy atom. The molecule has 0 aliphatic heterocycles. The molecule has 1 nitrogen and oxygen atoms in total. The number of thioether (sulfide) groups is 1. The number of hydrogen-bond acceptors (Lipinski definition) is 2. The Labute approximate surface area is 116 Å². The maximum atomic E-state index is 3.62. The first-order chi connectivity index (χ1) is 8.78. The van der Waals surface area contributed by atoms with E-state index in [9.17, 15) is 0 Å². The van der Waals surface area contributed by atoms with Gasteiger partial charge in [0.1, 0.15) is 0 Å². The molecule has 0 bridgehead atoms. The molecule has 1 aromatic rings. The van der Waals surface area contributed by atoms with Gasteiger partial charge in [-0.05, 0) is 55.2 Å². The Balaban J connectivity index is 1.68. The van der Waals surface area contributed by atoms with Crippen molar-refractivity contribution >= 4 is 11.8 Å². The van der Waals surface area contributed by atoms with Crippen LogP contribution in [-0.2, 0) is 6.54 Å². The minimum atomic E-state index is 0.909. The molecule has 1 aliphatic rings. The van der Waals surface area contributed by atoms with Crippen LogP contribution in [0.3, 0.4) is 0 Å². The fraction of sp³-hybridized carbons (Fsp3) is 0.625. The molecule has 18 heavy (non-hydrogen) atoms. The Kier molecular flexibility index (Phi) is 5.58. The van der Waals surface area contributed by atoms with E-state index in [0.717, 1.165) is 18.4 Å². The summed E-state index contributed by atoms with van der Waals surface area (Å²) in [6.45, 7) is 4.59. The molecule has 1 N–H and O–H groups in total. The summed E-state index contributed by atoms with van der Waals surface area (Å²) < 4.78 is 0. The maximum Gasteiger partial charge on any atom is 0.0205 e. The van der Waals surface area contributed by atoms with Crippen LogP contribution in [0.4, 0.5) is 0 Å². The van der Waals surface area contributed by atoms with Crippen LogP contribution in [-0.4, -0.2) is 12.8 Å². The largest absolute Gasteiger partial charge is 0.312 e. The molecule has 1 saturated carbocycles. The van der Waals surface area contributed by atoms with Gasteiger partial charge in [0.2, 0.25) is 0 Å². The molecule has 100 valence electrons. The van der Waals surface area contributed by atoms with Crippen LogP contribution in [0.2, 0.25) is 0 Å². The first-order valence-electron chi connectivity index (χ1n) is 7.11. The molecule has 2 heteroatoms. The zero-order valence-electron chi connectivity index (χ0n) is 11.6. The molecule has 0 heterocycles. The van der Waals surface area contributed by atoms with Crippen LogP contribution in [0.1, 0.15) is 38.2 Å². The van der Waals surface area contributed by atoms with Crippen molar-refractivity contribution in [2.24, 2.45) is 11.8 Å². The Morgan fingerprint density at radius 1 is 1.11 bits per heavy atom. The van der Waals surface area contributed by atoms with E-state index in [-0.39, 0.29) is 0 Å². The minimum Gasteiger partial charge on any atom is -0.312 e. The van der Waals surface area contributed by atoms with E-state index in [1.54, 1.807) is 11.8 Å². The van der Waals surface area contributed by atoms with Gasteiger partial charge in [-0.15, -0.1) is 11.8 Å². The lowest BCUT2D eigenvalue weighted by molar-refractivity contribution is 0.281. The number of rotatable bonds is 5. The van der Waals surface area contributed by atoms with Crippen LogP contribution in [0, 0.1) is 11.8 Å². The van der Waals surface area contributed by atoms with Crippen molar-refractivity contribution in [1.29, 1.82) is 0 Å². The van der Waals surface area contributed by atoms with Crippen LogP contribution in [0.25, 0.3) is 0 Å². The van der Waals surface area contributed by atoms with Gasteiger partial charge in [0.05, 0.1) is 0 Å². The van der Waals surface area contributed by atoms with E-state index in [0.29, 0.717) is 0 Å². The third kappa shape index (κ3) is 4.33. The van der Waals surface area contributed by atoms with Crippen LogP contribution < -0.4 is 5.32 Å². The average molecular weight is 263 g/mol. The Morgan fingerprint density at radius 2 is 1.78 bits per heavy atom. The van der Waals surface area contributed by atoms with Crippen LogP contribution in [0.5, 0.6) is 0 Å². The fourth-order valence-corrected chi connectivity index (χ4v) is 3.11. The molecule has 0 spiro atoms. The normalized spacial score (nSPS) is 24.1. The maximum absolute atomic E-state index is 3.62. The van der Waals surface area contributed by atoms with Crippen LogP contribution >= 0.6 is 11.8 Å². The molecule has 1 aliphatic carbocycles. The summed E-state index contributed by atoms with van der Waals surface area (Å²) in [6.07, 6.45) is 7.81. The molecule has 0 saturated heterocycles. The van der Waals surface area contributed by atoms with Crippen molar-refractivity contribution in [3.05, 3.63) is 29.8 Å². The van der Waals surface area contributed by atoms with Gasteiger partial charge in [-0.25, -0.2) is 0 Å². The second kappa shape index (κ2) is 7.20. The lowest BCUT2D eigenvalue weighted by Gasteiger charge is -2.26. The molecule has 0 unspecified atom stereocenters. The van der Waals surface area contributed by atoms with Crippen molar-refractivity contribution in [2.75, 3.05) is 12.8 Å². The first-order valence-corrected chi connectivity index (χ1v) is 8.34. The van der Waals surface area contributed by atoms with Crippen molar-refractivity contribution in [1.82, 2.24) is 5.32 Å². The lowest BCUT2D eigenvalue weighted by Crippen LogP contribution is -2.25. The summed E-state index contributed by atoms with van der Waals surface area (Å²) in [5, 5.41) is 3.62. The highest BCUT2D eigenvalue weighted by Crippen LogP contribution is 2.27. The molecule has 1 aromatic carbocycles. The summed E-state index contributed by atoms with van der Waals surface area (Å²) in [5.74, 6) is 1.87. The Bertz CT molecular complexity index is 339. The summed E-state index contributed by atoms with van der Waals surface area (Å²) in [4.78, 5) is 1.35. The molecule has 0 atom stereocenters. The number of benzene rings is 1. The third-order valence-electron chi connectivity index (χ3n) is 4.06. The molecular weight excluding hydrogens is 238 g/mol. The van der Waals surface area contributed by atoms with Gasteiger partial charge in [0.25, 0.3) is 0 Å². The van der Waals surface area contributed by atoms with Crippen molar-refractivity contribution < 1.29 is 0 Å². The van der Waals surface area contributed by atoms with Gasteiger partial charge in [0.15, 0.2) is 0 Å². The van der Waals surface area contributed by atoms with Gasteiger partial charge < -0.3 is 5.32 Å². The monoisotopic (exact) mass is 263 g/mol. The summed E-state index contributed by atoms with van der Waals surface area (Å²) in [6, 6.07) is 8.90. The highest BCUT2D eigenvalue weighted by Gasteiger charge is 2.17. The number of nitrogens with one attached hydrogen (secondary N) is 1. The molecule has 0 amide bonds. The van der Waals surface area contributed by atoms with Crippen molar-refractivity contribution in [2.45, 2.75) is 44.0 Å². The van der Waals surface area contributed by atoms with Gasteiger partial charge >= 0.3 is 0 Å². The van der Waals surface area contributed by atoms with Crippen molar-refractivity contribution in [3.63, 3.8) is 0 Å². The standard InChI is InChI=1S/C16H25NS/c1-13-3-5-14(6-4-13)11-17-12-15-7-9-16(18-2)10-8-15/h7-10,13-14,17H,3-6,11-12H2,1-2H3. The quantitative estimate of drug-likeness (QED) is 0.794. The van der Waals surface area contributed by atoms with Gasteiger partial charge in [-0.1, -0.05) is 31.9 Å². The topological polar surface area (TPSA) is 12.0 Å². The predicted molar refractivity (Wildman–Crippen MR) is 81.1 cm³/mol. The van der Waals surface area contributed by atoms with E-state index in [1.807, 2.05) is 0 Å². The molecule has 0 radical (unpaired) electrons. The zero-order chi connectivity index (χ0) is 12.8. The average Bonchev–Trinajstić information content (AvgIpc) is 2.42. The second-order valence-electron chi connectivity index (χ2n) is 5.60. The molecule has 1 fully saturated rings. The smallest absolute Gasteiger partial charge is 0.0205 e. The van der Waals surface area contributed by atoms with E-state index in [1.165, 1.54) is 42.7 Å². The van der Waals surface area contributed by atoms with Crippen molar-refractivity contribution in [3.8, 4) is 0 Å². The minimum absolute atomic E-state index is 0.909. The highest BCUT2D eigenvalue weighted by atomic mass is 32.2. The second-order valence-corrected chi connectivity index (χ2v) is 6.48. The highest BCUT2D eigenvalue weighted by molar-refractivity contribution is 7.98. The molecular formula is C16H25NS. The summed E-state index contributed by atoms with van der Waals surface area (Å²) in [5.41, 5.74) is 1.40. The molecule has 0 aromatic heterocycles. The van der Waals surface area contributed by atoms with E-state index >= 15 is 0 Å². The van der Waals surface area contributed by atoms with E-state index in [2.05, 4.69) is 42.8 Å². The van der Waals surface area contributed by atoms with E-state index in [4.69, 9.17) is 0 Å². The number of hydrogen-bond donors (Lipinski definition) is 1. The first kappa shape index (κ1) is 14.0. The summed E-state index contributed by atoms with van der Waals surface area (Å²) in [7, 11) is 0. The lowest BCUT2D eigenvalue weighted by atomic mass is 9.83. The van der Waals surface area contributed by atoms with Gasteiger partial charge in [-0.2, -0.15) is 0 Å². The Hall–Kier alpha value is -0.470.